The summed E-state index contributed by atoms with van der Waals surface area (Å²) in [5.74, 6) is 0.665. The molecule has 0 aliphatic heterocycles. The molecular weight excluding hydrogens is 252 g/mol. The zero-order valence-corrected chi connectivity index (χ0v) is 11.8. The minimum absolute atomic E-state index is 0.142. The van der Waals surface area contributed by atoms with E-state index in [0.717, 1.165) is 13.0 Å². The van der Waals surface area contributed by atoms with Crippen molar-refractivity contribution in [3.8, 4) is 5.75 Å². The zero-order chi connectivity index (χ0) is 13.8. The summed E-state index contributed by atoms with van der Waals surface area (Å²) in [6, 6.07) is 4.80. The highest BCUT2D eigenvalue weighted by Gasteiger charge is 2.11. The summed E-state index contributed by atoms with van der Waals surface area (Å²) in [6.45, 7) is 3.26. The summed E-state index contributed by atoms with van der Waals surface area (Å²) in [6.07, 6.45) is 0.920. The number of nitrogens with zero attached hydrogens (tertiary/aromatic N) is 1. The van der Waals surface area contributed by atoms with Gasteiger partial charge in [-0.3, -0.25) is 0 Å². The van der Waals surface area contributed by atoms with Crippen LogP contribution in [0.25, 0.3) is 0 Å². The molecule has 1 aromatic carbocycles. The second-order valence-electron chi connectivity index (χ2n) is 4.48. The molecule has 0 heterocycles. The molecule has 102 valence electrons. The van der Waals surface area contributed by atoms with E-state index in [9.17, 15) is 8.42 Å². The fraction of sp³-hybridized carbons (Fsp3) is 0.500. The van der Waals surface area contributed by atoms with E-state index in [4.69, 9.17) is 9.88 Å². The van der Waals surface area contributed by atoms with Crippen LogP contribution in [0.3, 0.4) is 0 Å². The van der Waals surface area contributed by atoms with Gasteiger partial charge in [0.2, 0.25) is 10.0 Å². The minimum atomic E-state index is -3.65. The number of sulfonamides is 1. The molecule has 2 N–H and O–H groups in total. The number of hydrogen-bond acceptors (Lipinski definition) is 4. The second-order valence-corrected chi connectivity index (χ2v) is 6.01. The highest BCUT2D eigenvalue weighted by atomic mass is 32.2. The third-order valence-corrected chi connectivity index (χ3v) is 3.54. The van der Waals surface area contributed by atoms with Crippen LogP contribution in [0.1, 0.15) is 12.0 Å². The zero-order valence-electron chi connectivity index (χ0n) is 11.0. The molecule has 0 amide bonds. The molecule has 0 aliphatic carbocycles. The molecule has 1 rings (SSSR count). The van der Waals surface area contributed by atoms with Gasteiger partial charge in [0.1, 0.15) is 5.75 Å². The number of benzene rings is 1. The van der Waals surface area contributed by atoms with Crippen molar-refractivity contribution in [2.75, 3.05) is 27.2 Å². The number of nitrogens with two attached hydrogens (primary N) is 1. The minimum Gasteiger partial charge on any atom is -0.494 e. The summed E-state index contributed by atoms with van der Waals surface area (Å²) in [5, 5.41) is 5.09. The van der Waals surface area contributed by atoms with Gasteiger partial charge in [0, 0.05) is 6.54 Å². The summed E-state index contributed by atoms with van der Waals surface area (Å²) in [5.41, 5.74) is 0.600. The van der Waals surface area contributed by atoms with Crippen LogP contribution in [-0.4, -0.2) is 40.6 Å². The largest absolute Gasteiger partial charge is 0.494 e. The predicted molar refractivity (Wildman–Crippen MR) is 71.2 cm³/mol. The molecule has 1 aromatic rings. The lowest BCUT2D eigenvalue weighted by Crippen LogP contribution is -2.16. The maximum absolute atomic E-state index is 11.2. The van der Waals surface area contributed by atoms with E-state index in [1.54, 1.807) is 19.1 Å². The van der Waals surface area contributed by atoms with E-state index >= 15 is 0 Å². The second kappa shape index (κ2) is 6.17. The molecule has 0 aliphatic rings. The number of aryl methyl sites for hydroxylation is 1. The average molecular weight is 272 g/mol. The monoisotopic (exact) mass is 272 g/mol. The normalized spacial score (nSPS) is 11.8. The molecule has 6 heteroatoms. The van der Waals surface area contributed by atoms with Crippen LogP contribution in [0.4, 0.5) is 0 Å². The van der Waals surface area contributed by atoms with E-state index in [1.165, 1.54) is 6.07 Å². The molecule has 0 saturated carbocycles. The van der Waals surface area contributed by atoms with Gasteiger partial charge in [-0.25, -0.2) is 13.6 Å². The Balaban J connectivity index is 2.63. The SMILES string of the molecule is Cc1cc(OCCCN(C)C)ccc1S(N)(=O)=O. The molecule has 18 heavy (non-hydrogen) atoms. The van der Waals surface area contributed by atoms with Crippen LogP contribution in [0, 0.1) is 6.92 Å². The van der Waals surface area contributed by atoms with Gasteiger partial charge in [0.05, 0.1) is 11.5 Å². The summed E-state index contributed by atoms with van der Waals surface area (Å²) in [4.78, 5) is 2.22. The van der Waals surface area contributed by atoms with E-state index in [1.807, 2.05) is 14.1 Å². The molecule has 0 saturated heterocycles. The smallest absolute Gasteiger partial charge is 0.238 e. The highest BCUT2D eigenvalue weighted by Crippen LogP contribution is 2.20. The van der Waals surface area contributed by atoms with Gasteiger partial charge in [-0.2, -0.15) is 0 Å². The Labute approximate surface area is 109 Å². The van der Waals surface area contributed by atoms with Crippen molar-refractivity contribution in [2.24, 2.45) is 5.14 Å². The van der Waals surface area contributed by atoms with Gasteiger partial charge in [0.15, 0.2) is 0 Å². The van der Waals surface area contributed by atoms with E-state index in [-0.39, 0.29) is 4.90 Å². The molecule has 0 spiro atoms. The van der Waals surface area contributed by atoms with E-state index < -0.39 is 10.0 Å². The first-order valence-electron chi connectivity index (χ1n) is 5.71. The molecule has 0 bridgehead atoms. The lowest BCUT2D eigenvalue weighted by molar-refractivity contribution is 0.281. The maximum Gasteiger partial charge on any atom is 0.238 e. The van der Waals surface area contributed by atoms with Gasteiger partial charge < -0.3 is 9.64 Å². The van der Waals surface area contributed by atoms with Crippen molar-refractivity contribution >= 4 is 10.0 Å². The molecule has 0 atom stereocenters. The molecular formula is C12H20N2O3S. The van der Waals surface area contributed by atoms with Crippen molar-refractivity contribution in [3.05, 3.63) is 23.8 Å². The van der Waals surface area contributed by atoms with Crippen LogP contribution < -0.4 is 9.88 Å². The Morgan fingerprint density at radius 2 is 2.00 bits per heavy atom. The number of primary sulfonamides is 1. The molecule has 0 fully saturated rings. The lowest BCUT2D eigenvalue weighted by Gasteiger charge is -2.11. The topological polar surface area (TPSA) is 72.6 Å². The summed E-state index contributed by atoms with van der Waals surface area (Å²) >= 11 is 0. The first-order chi connectivity index (χ1) is 8.30. The Morgan fingerprint density at radius 1 is 1.33 bits per heavy atom. The van der Waals surface area contributed by atoms with E-state index in [2.05, 4.69) is 4.90 Å². The standard InChI is InChI=1S/C12H20N2O3S/c1-10-9-11(17-8-4-7-14(2)3)5-6-12(10)18(13,15)16/h5-6,9H,4,7-8H2,1-3H3,(H2,13,15,16). The van der Waals surface area contributed by atoms with Crippen LogP contribution in [-0.2, 0) is 10.0 Å². The quantitative estimate of drug-likeness (QED) is 0.783. The molecule has 0 aromatic heterocycles. The fourth-order valence-corrected chi connectivity index (χ4v) is 2.37. The van der Waals surface area contributed by atoms with Crippen LogP contribution >= 0.6 is 0 Å². The summed E-state index contributed by atoms with van der Waals surface area (Å²) in [7, 11) is 0.361. The number of rotatable bonds is 6. The molecule has 5 nitrogen and oxygen atoms in total. The summed E-state index contributed by atoms with van der Waals surface area (Å²) < 4.78 is 28.0. The highest BCUT2D eigenvalue weighted by molar-refractivity contribution is 7.89. The van der Waals surface area contributed by atoms with Gasteiger partial charge in [-0.1, -0.05) is 0 Å². The predicted octanol–water partition coefficient (Wildman–Crippen LogP) is 0.973. The van der Waals surface area contributed by atoms with Gasteiger partial charge in [-0.15, -0.1) is 0 Å². The van der Waals surface area contributed by atoms with Crippen molar-refractivity contribution in [3.63, 3.8) is 0 Å². The van der Waals surface area contributed by atoms with Crippen LogP contribution in [0.5, 0.6) is 5.75 Å². The van der Waals surface area contributed by atoms with Gasteiger partial charge in [-0.05, 0) is 51.2 Å². The van der Waals surface area contributed by atoms with E-state index in [0.29, 0.717) is 17.9 Å². The number of ether oxygens (including phenoxy) is 1. The average Bonchev–Trinajstić information content (AvgIpc) is 2.22. The van der Waals surface area contributed by atoms with Crippen molar-refractivity contribution in [1.29, 1.82) is 0 Å². The van der Waals surface area contributed by atoms with Crippen LogP contribution in [0.15, 0.2) is 23.1 Å². The Kier molecular flexibility index (Phi) is 5.13. The first kappa shape index (κ1) is 14.9. The van der Waals surface area contributed by atoms with Crippen molar-refractivity contribution < 1.29 is 13.2 Å². The van der Waals surface area contributed by atoms with Crippen molar-refractivity contribution in [2.45, 2.75) is 18.2 Å². The number of hydrogen-bond donors (Lipinski definition) is 1. The molecule has 0 radical (unpaired) electrons. The Morgan fingerprint density at radius 3 is 2.50 bits per heavy atom. The maximum atomic E-state index is 11.2. The van der Waals surface area contributed by atoms with Crippen LogP contribution in [0.2, 0.25) is 0 Å². The third kappa shape index (κ3) is 4.64. The van der Waals surface area contributed by atoms with Gasteiger partial charge >= 0.3 is 0 Å². The fourth-order valence-electron chi connectivity index (χ4n) is 1.60. The first-order valence-corrected chi connectivity index (χ1v) is 7.26. The Hall–Kier alpha value is -1.11. The Bertz CT molecular complexity index is 498. The third-order valence-electron chi connectivity index (χ3n) is 2.47. The molecule has 0 unspecified atom stereocenters. The lowest BCUT2D eigenvalue weighted by atomic mass is 10.2. The van der Waals surface area contributed by atoms with Crippen molar-refractivity contribution in [1.82, 2.24) is 4.90 Å². The van der Waals surface area contributed by atoms with Gasteiger partial charge in [0.25, 0.3) is 0 Å².